The van der Waals surface area contributed by atoms with Gasteiger partial charge in [0.25, 0.3) is 0 Å². The number of carbonyl (C=O) groups is 1. The lowest BCUT2D eigenvalue weighted by Crippen LogP contribution is -2.44. The minimum atomic E-state index is -3.94. The standard InChI is InChI=1S/C19H23N3O5S2/c1-13-5-7-20-18(11-13)21-19(23)15(6-10-28-2)22-29(24,25)14-3-4-16-17(12-14)27-9-8-26-16/h3-5,7,11-12,15,22H,6,8-10H2,1-2H3,(H,20,21,23). The number of nitrogens with one attached hydrogen (secondary N) is 2. The first-order chi connectivity index (χ1) is 13.9. The van der Waals surface area contributed by atoms with Crippen molar-refractivity contribution in [2.24, 2.45) is 0 Å². The van der Waals surface area contributed by atoms with Crippen LogP contribution in [0.15, 0.2) is 41.4 Å². The molecule has 1 aliphatic rings. The number of sulfonamides is 1. The number of thioether (sulfide) groups is 1. The molecule has 29 heavy (non-hydrogen) atoms. The van der Waals surface area contributed by atoms with Crippen molar-refractivity contribution in [1.29, 1.82) is 0 Å². The van der Waals surface area contributed by atoms with Gasteiger partial charge < -0.3 is 14.8 Å². The molecule has 2 aromatic rings. The van der Waals surface area contributed by atoms with Crippen LogP contribution in [0, 0.1) is 6.92 Å². The third kappa shape index (κ3) is 5.62. The van der Waals surface area contributed by atoms with E-state index in [1.165, 1.54) is 23.9 Å². The number of pyridine rings is 1. The van der Waals surface area contributed by atoms with Crippen LogP contribution in [-0.2, 0) is 14.8 Å². The van der Waals surface area contributed by atoms with E-state index < -0.39 is 22.0 Å². The van der Waals surface area contributed by atoms with Crippen molar-refractivity contribution in [1.82, 2.24) is 9.71 Å². The predicted octanol–water partition coefficient (Wildman–Crippen LogP) is 2.20. The number of benzene rings is 1. The van der Waals surface area contributed by atoms with Gasteiger partial charge in [0.1, 0.15) is 25.1 Å². The van der Waals surface area contributed by atoms with Crippen molar-refractivity contribution in [2.45, 2.75) is 24.3 Å². The number of ether oxygens (including phenoxy) is 2. The molecule has 0 saturated heterocycles. The molecule has 0 fully saturated rings. The normalized spacial score (nSPS) is 14.3. The SMILES string of the molecule is CSCCC(NS(=O)(=O)c1ccc2c(c1)OCCO2)C(=O)Nc1cc(C)ccn1. The van der Waals surface area contributed by atoms with Gasteiger partial charge >= 0.3 is 0 Å². The summed E-state index contributed by atoms with van der Waals surface area (Å²) in [5.74, 6) is 1.40. The lowest BCUT2D eigenvalue weighted by atomic mass is 10.2. The monoisotopic (exact) mass is 437 g/mol. The van der Waals surface area contributed by atoms with Crippen molar-refractivity contribution < 1.29 is 22.7 Å². The molecule has 1 aromatic heterocycles. The Morgan fingerprint density at radius 2 is 1.97 bits per heavy atom. The Labute approximate surface area is 174 Å². The fraction of sp³-hybridized carbons (Fsp3) is 0.368. The van der Waals surface area contributed by atoms with Gasteiger partial charge in [-0.1, -0.05) is 0 Å². The van der Waals surface area contributed by atoms with Crippen LogP contribution in [0.2, 0.25) is 0 Å². The maximum atomic E-state index is 12.9. The van der Waals surface area contributed by atoms with E-state index in [-0.39, 0.29) is 4.90 Å². The summed E-state index contributed by atoms with van der Waals surface area (Å²) >= 11 is 1.53. The molecule has 0 saturated carbocycles. The molecule has 2 heterocycles. The molecular weight excluding hydrogens is 414 g/mol. The first kappa shape index (κ1) is 21.4. The Hall–Kier alpha value is -2.30. The molecule has 0 bridgehead atoms. The van der Waals surface area contributed by atoms with E-state index in [4.69, 9.17) is 9.47 Å². The Balaban J connectivity index is 1.78. The summed E-state index contributed by atoms with van der Waals surface area (Å²) in [4.78, 5) is 16.9. The van der Waals surface area contributed by atoms with Gasteiger partial charge in [-0.2, -0.15) is 16.5 Å². The maximum absolute atomic E-state index is 12.9. The Kier molecular flexibility index (Phi) is 6.99. The van der Waals surface area contributed by atoms with Crippen LogP contribution in [0.25, 0.3) is 0 Å². The molecule has 1 amide bonds. The number of fused-ring (bicyclic) bond motifs is 1. The molecule has 0 aliphatic carbocycles. The number of hydrogen-bond acceptors (Lipinski definition) is 7. The van der Waals surface area contributed by atoms with E-state index in [1.54, 1.807) is 18.3 Å². The number of rotatable bonds is 8. The molecule has 10 heteroatoms. The van der Waals surface area contributed by atoms with E-state index in [0.29, 0.717) is 42.7 Å². The van der Waals surface area contributed by atoms with Crippen molar-refractivity contribution >= 4 is 33.5 Å². The van der Waals surface area contributed by atoms with Crippen LogP contribution < -0.4 is 19.5 Å². The topological polar surface area (TPSA) is 107 Å². The molecule has 1 aliphatic heterocycles. The summed E-state index contributed by atoms with van der Waals surface area (Å²) in [5, 5.41) is 2.68. The highest BCUT2D eigenvalue weighted by Gasteiger charge is 2.27. The molecule has 156 valence electrons. The second-order valence-electron chi connectivity index (χ2n) is 6.47. The van der Waals surface area contributed by atoms with Gasteiger partial charge in [-0.3, -0.25) is 4.79 Å². The highest BCUT2D eigenvalue weighted by Crippen LogP contribution is 2.32. The molecule has 3 rings (SSSR count). The van der Waals surface area contributed by atoms with E-state index >= 15 is 0 Å². The van der Waals surface area contributed by atoms with Crippen LogP contribution >= 0.6 is 11.8 Å². The third-order valence-electron chi connectivity index (χ3n) is 4.22. The zero-order valence-corrected chi connectivity index (χ0v) is 17.8. The quantitative estimate of drug-likeness (QED) is 0.652. The predicted molar refractivity (Wildman–Crippen MR) is 112 cm³/mol. The fourth-order valence-electron chi connectivity index (χ4n) is 2.74. The Morgan fingerprint density at radius 3 is 2.69 bits per heavy atom. The van der Waals surface area contributed by atoms with Crippen LogP contribution in [-0.4, -0.2) is 50.6 Å². The van der Waals surface area contributed by atoms with E-state index in [9.17, 15) is 13.2 Å². The van der Waals surface area contributed by atoms with Gasteiger partial charge in [-0.05, 0) is 55.2 Å². The lowest BCUT2D eigenvalue weighted by Gasteiger charge is -2.20. The molecule has 8 nitrogen and oxygen atoms in total. The first-order valence-electron chi connectivity index (χ1n) is 9.03. The summed E-state index contributed by atoms with van der Waals surface area (Å²) < 4.78 is 39.2. The van der Waals surface area contributed by atoms with Crippen molar-refractivity contribution in [3.05, 3.63) is 42.1 Å². The number of hydrogen-bond donors (Lipinski definition) is 2. The minimum Gasteiger partial charge on any atom is -0.486 e. The Morgan fingerprint density at radius 1 is 1.21 bits per heavy atom. The average molecular weight is 438 g/mol. The van der Waals surface area contributed by atoms with Gasteiger partial charge in [0.2, 0.25) is 15.9 Å². The largest absolute Gasteiger partial charge is 0.486 e. The van der Waals surface area contributed by atoms with Crippen LogP contribution in [0.3, 0.4) is 0 Å². The summed E-state index contributed by atoms with van der Waals surface area (Å²) in [6.45, 7) is 2.65. The van der Waals surface area contributed by atoms with Gasteiger partial charge in [0, 0.05) is 12.3 Å². The van der Waals surface area contributed by atoms with Crippen molar-refractivity contribution in [2.75, 3.05) is 30.5 Å². The fourth-order valence-corrected chi connectivity index (χ4v) is 4.46. The van der Waals surface area contributed by atoms with Crippen LogP contribution in [0.1, 0.15) is 12.0 Å². The van der Waals surface area contributed by atoms with Crippen LogP contribution in [0.5, 0.6) is 11.5 Å². The molecule has 1 aromatic carbocycles. The molecule has 1 unspecified atom stereocenters. The van der Waals surface area contributed by atoms with E-state index in [0.717, 1.165) is 5.56 Å². The smallest absolute Gasteiger partial charge is 0.243 e. The molecule has 2 N–H and O–H groups in total. The van der Waals surface area contributed by atoms with Crippen molar-refractivity contribution in [3.8, 4) is 11.5 Å². The number of nitrogens with zero attached hydrogens (tertiary/aromatic N) is 1. The third-order valence-corrected chi connectivity index (χ3v) is 6.33. The van der Waals surface area contributed by atoms with Gasteiger partial charge in [0.05, 0.1) is 4.90 Å². The summed E-state index contributed by atoms with van der Waals surface area (Å²) in [5.41, 5.74) is 0.938. The number of aromatic nitrogens is 1. The summed E-state index contributed by atoms with van der Waals surface area (Å²) in [6, 6.07) is 6.98. The lowest BCUT2D eigenvalue weighted by molar-refractivity contribution is -0.117. The molecule has 1 atom stereocenters. The molecular formula is C19H23N3O5S2. The second-order valence-corrected chi connectivity index (χ2v) is 9.17. The highest BCUT2D eigenvalue weighted by molar-refractivity contribution is 7.98. The highest BCUT2D eigenvalue weighted by atomic mass is 32.2. The van der Waals surface area contributed by atoms with E-state index in [1.807, 2.05) is 19.2 Å². The number of carbonyl (C=O) groups excluding carboxylic acids is 1. The zero-order chi connectivity index (χ0) is 20.9. The maximum Gasteiger partial charge on any atom is 0.243 e. The number of amides is 1. The minimum absolute atomic E-state index is 0.0115. The van der Waals surface area contributed by atoms with Crippen molar-refractivity contribution in [3.63, 3.8) is 0 Å². The average Bonchev–Trinajstić information content (AvgIpc) is 2.70. The Bertz CT molecular complexity index is 982. The second kappa shape index (κ2) is 9.47. The first-order valence-corrected chi connectivity index (χ1v) is 11.9. The summed E-state index contributed by atoms with van der Waals surface area (Å²) in [7, 11) is -3.94. The molecule has 0 spiro atoms. The zero-order valence-electron chi connectivity index (χ0n) is 16.2. The number of anilines is 1. The van der Waals surface area contributed by atoms with Gasteiger partial charge in [-0.15, -0.1) is 0 Å². The number of aryl methyl sites for hydroxylation is 1. The van der Waals surface area contributed by atoms with E-state index in [2.05, 4.69) is 15.0 Å². The molecule has 0 radical (unpaired) electrons. The van der Waals surface area contributed by atoms with Gasteiger partial charge in [-0.25, -0.2) is 13.4 Å². The summed E-state index contributed by atoms with van der Waals surface area (Å²) in [6.07, 6.45) is 3.82. The van der Waals surface area contributed by atoms with Crippen LogP contribution in [0.4, 0.5) is 5.82 Å². The van der Waals surface area contributed by atoms with Gasteiger partial charge in [0.15, 0.2) is 11.5 Å².